The van der Waals surface area contributed by atoms with Crippen LogP contribution in [0.4, 0.5) is 0 Å². The first-order chi connectivity index (χ1) is 15.8. The van der Waals surface area contributed by atoms with Crippen LogP contribution in [0.1, 0.15) is 110 Å². The Hall–Kier alpha value is -1.21. The molecule has 0 aromatic heterocycles. The van der Waals surface area contributed by atoms with Gasteiger partial charge in [-0.15, -0.1) is 0 Å². The van der Waals surface area contributed by atoms with Gasteiger partial charge >= 0.3 is 19.8 Å². The molecule has 8 nitrogen and oxygen atoms in total. The molecule has 0 aromatic rings. The summed E-state index contributed by atoms with van der Waals surface area (Å²) in [6.45, 7) is 3.13. The van der Waals surface area contributed by atoms with Crippen LogP contribution in [0.2, 0.25) is 0 Å². The Labute approximate surface area is 199 Å². The van der Waals surface area contributed by atoms with Crippen LogP contribution >= 0.6 is 7.82 Å². The van der Waals surface area contributed by atoms with E-state index < -0.39 is 32.5 Å². The molecule has 0 spiro atoms. The van der Waals surface area contributed by atoms with E-state index in [0.29, 0.717) is 6.42 Å². The molecule has 0 rings (SSSR count). The fraction of sp³-hybridized carbons (Fsp3) is 0.833. The van der Waals surface area contributed by atoms with Crippen molar-refractivity contribution in [2.45, 2.75) is 116 Å². The normalized spacial score (nSPS) is 12.7. The maximum atomic E-state index is 12.1. The molecule has 194 valence electrons. The smallest absolute Gasteiger partial charge is 0.461 e. The average Bonchev–Trinajstić information content (AvgIpc) is 2.76. The van der Waals surface area contributed by atoms with Crippen LogP contribution in [0.15, 0.2) is 12.2 Å². The highest BCUT2D eigenvalue weighted by Gasteiger charge is 2.22. The quantitative estimate of drug-likeness (QED) is 0.0817. The average molecular weight is 493 g/mol. The van der Waals surface area contributed by atoms with Gasteiger partial charge in [-0.05, 0) is 13.3 Å². The molecule has 2 N–H and O–H groups in total. The van der Waals surface area contributed by atoms with E-state index in [1.165, 1.54) is 57.8 Å². The van der Waals surface area contributed by atoms with Gasteiger partial charge in [0.2, 0.25) is 0 Å². The molecule has 0 saturated carbocycles. The van der Waals surface area contributed by atoms with Gasteiger partial charge in [0.05, 0.1) is 13.0 Å². The summed E-state index contributed by atoms with van der Waals surface area (Å²) < 4.78 is 25.5. The second-order valence-corrected chi connectivity index (χ2v) is 9.59. The maximum absolute atomic E-state index is 12.1. The summed E-state index contributed by atoms with van der Waals surface area (Å²) in [6.07, 6.45) is 18.2. The Morgan fingerprint density at radius 3 is 1.82 bits per heavy atom. The molecule has 0 amide bonds. The summed E-state index contributed by atoms with van der Waals surface area (Å²) in [6, 6.07) is 0. The predicted molar refractivity (Wildman–Crippen MR) is 129 cm³/mol. The molecule has 0 unspecified atom stereocenters. The number of phosphoric ester groups is 1. The number of esters is 2. The molecule has 0 bridgehead atoms. The van der Waals surface area contributed by atoms with E-state index in [0.717, 1.165) is 19.3 Å². The topological polar surface area (TPSA) is 119 Å². The van der Waals surface area contributed by atoms with Crippen molar-refractivity contribution in [2.24, 2.45) is 0 Å². The number of allylic oxidation sites excluding steroid dienone is 1. The van der Waals surface area contributed by atoms with Crippen LogP contribution in [-0.2, 0) is 28.2 Å². The summed E-state index contributed by atoms with van der Waals surface area (Å²) in [5, 5.41) is 0. The first-order valence-corrected chi connectivity index (χ1v) is 14.0. The van der Waals surface area contributed by atoms with E-state index in [1.54, 1.807) is 19.1 Å². The number of carbonyl (C=O) groups is 2. The molecule has 0 aliphatic heterocycles. The van der Waals surface area contributed by atoms with E-state index in [4.69, 9.17) is 19.3 Å². The zero-order valence-corrected chi connectivity index (χ0v) is 21.4. The Morgan fingerprint density at radius 1 is 0.818 bits per heavy atom. The summed E-state index contributed by atoms with van der Waals surface area (Å²) in [4.78, 5) is 41.4. The summed E-state index contributed by atoms with van der Waals surface area (Å²) in [5.74, 6) is -1.02. The molecule has 0 saturated heterocycles. The molecule has 0 radical (unpaired) electrons. The molecule has 0 aliphatic carbocycles. The van der Waals surface area contributed by atoms with Gasteiger partial charge in [-0.1, -0.05) is 96.1 Å². The number of rotatable bonds is 22. The number of ether oxygens (including phenoxy) is 2. The van der Waals surface area contributed by atoms with Gasteiger partial charge in [-0.2, -0.15) is 0 Å². The zero-order valence-electron chi connectivity index (χ0n) is 20.5. The van der Waals surface area contributed by atoms with E-state index in [2.05, 4.69) is 11.4 Å². The summed E-state index contributed by atoms with van der Waals surface area (Å²) in [7, 11) is -4.72. The molecule has 9 heteroatoms. The number of hydrogen-bond donors (Lipinski definition) is 2. The van der Waals surface area contributed by atoms with Crippen LogP contribution < -0.4 is 0 Å². The van der Waals surface area contributed by atoms with E-state index in [1.807, 2.05) is 0 Å². The highest BCUT2D eigenvalue weighted by atomic mass is 31.2. The highest BCUT2D eigenvalue weighted by molar-refractivity contribution is 7.46. The third kappa shape index (κ3) is 23.7. The zero-order chi connectivity index (χ0) is 24.8. The lowest BCUT2D eigenvalue weighted by Gasteiger charge is -2.18. The Balaban J connectivity index is 3.94. The van der Waals surface area contributed by atoms with Crippen LogP contribution in [-0.4, -0.2) is 41.0 Å². The third-order valence-electron chi connectivity index (χ3n) is 5.16. The van der Waals surface area contributed by atoms with Crippen LogP contribution in [0.25, 0.3) is 0 Å². The minimum absolute atomic E-state index is 0.0650. The van der Waals surface area contributed by atoms with Crippen LogP contribution in [0, 0.1) is 0 Å². The lowest BCUT2D eigenvalue weighted by atomic mass is 10.0. The number of unbranched alkanes of at least 4 members (excludes halogenated alkanes) is 12. The standard InChI is InChI=1S/C24H45O8P/c1-3-5-7-8-9-10-11-12-13-14-15-16-17-19-24(26)32-22(21-31-33(27,28)29)20-30-23(25)18-6-4-2/h4,6,22H,3,5,7-21H2,1-2H3,(H2,27,28,29)/b6-4-/t22-/m1/s1. The number of phosphoric acid groups is 1. The van der Waals surface area contributed by atoms with Crippen molar-refractivity contribution in [3.63, 3.8) is 0 Å². The van der Waals surface area contributed by atoms with Gasteiger partial charge in [0.15, 0.2) is 6.10 Å². The first kappa shape index (κ1) is 31.8. The highest BCUT2D eigenvalue weighted by Crippen LogP contribution is 2.35. The van der Waals surface area contributed by atoms with Crippen molar-refractivity contribution in [3.8, 4) is 0 Å². The molecule has 0 aromatic carbocycles. The largest absolute Gasteiger partial charge is 0.469 e. The van der Waals surface area contributed by atoms with Crippen LogP contribution in [0.5, 0.6) is 0 Å². The monoisotopic (exact) mass is 492 g/mol. The van der Waals surface area contributed by atoms with E-state index in [-0.39, 0.29) is 19.4 Å². The predicted octanol–water partition coefficient (Wildman–Crippen LogP) is 6.00. The first-order valence-electron chi connectivity index (χ1n) is 12.4. The van der Waals surface area contributed by atoms with Crippen molar-refractivity contribution < 1.29 is 37.9 Å². The Kier molecular flexibility index (Phi) is 20.5. The van der Waals surface area contributed by atoms with Gasteiger partial charge in [-0.25, -0.2) is 4.57 Å². The van der Waals surface area contributed by atoms with Crippen molar-refractivity contribution in [1.82, 2.24) is 0 Å². The summed E-state index contributed by atoms with van der Waals surface area (Å²) in [5.41, 5.74) is 0. The molecule has 1 atom stereocenters. The van der Waals surface area contributed by atoms with Crippen LogP contribution in [0.3, 0.4) is 0 Å². The van der Waals surface area contributed by atoms with Gasteiger partial charge in [-0.3, -0.25) is 14.1 Å². The van der Waals surface area contributed by atoms with E-state index >= 15 is 0 Å². The molecule has 0 fully saturated rings. The SMILES string of the molecule is C/C=C\CC(=O)OC[C@H](COP(=O)(O)O)OC(=O)CCCCCCCCCCCCCCC. The van der Waals surface area contributed by atoms with Gasteiger partial charge < -0.3 is 19.3 Å². The van der Waals surface area contributed by atoms with Crippen molar-refractivity contribution in [2.75, 3.05) is 13.2 Å². The fourth-order valence-electron chi connectivity index (χ4n) is 3.29. The minimum atomic E-state index is -4.72. The molecular formula is C24H45O8P. The molecule has 0 heterocycles. The van der Waals surface area contributed by atoms with Gasteiger partial charge in [0, 0.05) is 6.42 Å². The Bertz CT molecular complexity index is 573. The van der Waals surface area contributed by atoms with E-state index in [9.17, 15) is 14.2 Å². The maximum Gasteiger partial charge on any atom is 0.469 e. The number of hydrogen-bond acceptors (Lipinski definition) is 6. The van der Waals surface area contributed by atoms with Gasteiger partial charge in [0.1, 0.15) is 6.61 Å². The van der Waals surface area contributed by atoms with Gasteiger partial charge in [0.25, 0.3) is 0 Å². The third-order valence-corrected chi connectivity index (χ3v) is 5.65. The minimum Gasteiger partial charge on any atom is -0.461 e. The van der Waals surface area contributed by atoms with Crippen molar-refractivity contribution in [3.05, 3.63) is 12.2 Å². The van der Waals surface area contributed by atoms with Crippen molar-refractivity contribution >= 4 is 19.8 Å². The molecular weight excluding hydrogens is 447 g/mol. The number of carbonyl (C=O) groups excluding carboxylic acids is 2. The summed E-state index contributed by atoms with van der Waals surface area (Å²) >= 11 is 0. The molecule has 0 aliphatic rings. The lowest BCUT2D eigenvalue weighted by Crippen LogP contribution is -2.29. The molecule has 33 heavy (non-hydrogen) atoms. The van der Waals surface area contributed by atoms with Crippen molar-refractivity contribution in [1.29, 1.82) is 0 Å². The fourth-order valence-corrected chi connectivity index (χ4v) is 3.65. The Morgan fingerprint density at radius 2 is 1.33 bits per heavy atom. The second-order valence-electron chi connectivity index (χ2n) is 8.35. The second kappa shape index (κ2) is 21.3. The lowest BCUT2D eigenvalue weighted by molar-refractivity contribution is -0.160.